The molecule has 0 aromatic heterocycles. The number of carbonyl (C=O) groups is 2. The molecule has 2 aromatic rings. The van der Waals surface area contributed by atoms with Crippen molar-refractivity contribution in [1.82, 2.24) is 10.7 Å². The van der Waals surface area contributed by atoms with Crippen LogP contribution in [0.5, 0.6) is 11.5 Å². The third kappa shape index (κ3) is 5.49. The Morgan fingerprint density at radius 1 is 1.12 bits per heavy atom. The number of carbonyl (C=O) groups excluding carboxylic acids is 2. The second kappa shape index (κ2) is 9.43. The molecule has 2 aromatic carbocycles. The van der Waals surface area contributed by atoms with Gasteiger partial charge in [0, 0.05) is 10.6 Å². The van der Waals surface area contributed by atoms with E-state index in [0.29, 0.717) is 27.6 Å². The molecule has 0 aliphatic rings. The molecule has 7 nitrogen and oxygen atoms in total. The molecule has 0 unspecified atom stereocenters. The van der Waals surface area contributed by atoms with Crippen LogP contribution in [0.3, 0.4) is 0 Å². The van der Waals surface area contributed by atoms with Gasteiger partial charge in [-0.3, -0.25) is 9.59 Å². The molecule has 26 heavy (non-hydrogen) atoms. The Hall–Kier alpha value is -3.06. The van der Waals surface area contributed by atoms with Gasteiger partial charge in [-0.15, -0.1) is 0 Å². The quantitative estimate of drug-likeness (QED) is 0.573. The lowest BCUT2D eigenvalue weighted by molar-refractivity contribution is -0.120. The first kappa shape index (κ1) is 19.3. The summed E-state index contributed by atoms with van der Waals surface area (Å²) in [5, 5.41) is 6.78. The fourth-order valence-electron chi connectivity index (χ4n) is 2.04. The van der Waals surface area contributed by atoms with E-state index < -0.39 is 11.8 Å². The zero-order valence-corrected chi connectivity index (χ0v) is 15.0. The van der Waals surface area contributed by atoms with Gasteiger partial charge in [0.15, 0.2) is 11.5 Å². The minimum atomic E-state index is -0.461. The molecular weight excluding hydrogens is 358 g/mol. The van der Waals surface area contributed by atoms with Gasteiger partial charge in [0.1, 0.15) is 0 Å². The summed E-state index contributed by atoms with van der Waals surface area (Å²) in [5.74, 6) is 0.289. The van der Waals surface area contributed by atoms with Crippen LogP contribution in [0, 0.1) is 0 Å². The van der Waals surface area contributed by atoms with E-state index in [1.807, 2.05) is 0 Å². The van der Waals surface area contributed by atoms with E-state index in [9.17, 15) is 9.59 Å². The van der Waals surface area contributed by atoms with E-state index in [1.165, 1.54) is 19.4 Å². The van der Waals surface area contributed by atoms with Crippen molar-refractivity contribution in [1.29, 1.82) is 0 Å². The molecule has 0 bridgehead atoms. The van der Waals surface area contributed by atoms with Crippen LogP contribution in [-0.4, -0.2) is 38.8 Å². The summed E-state index contributed by atoms with van der Waals surface area (Å²) in [5.41, 5.74) is 3.42. The molecule has 2 rings (SSSR count). The molecule has 0 atom stereocenters. The molecule has 8 heteroatoms. The number of hydrogen-bond acceptors (Lipinski definition) is 5. The highest BCUT2D eigenvalue weighted by Crippen LogP contribution is 2.26. The van der Waals surface area contributed by atoms with Crippen LogP contribution >= 0.6 is 11.6 Å². The molecule has 0 heterocycles. The van der Waals surface area contributed by atoms with Crippen molar-refractivity contribution in [2.75, 3.05) is 20.8 Å². The number of rotatable bonds is 7. The van der Waals surface area contributed by atoms with Gasteiger partial charge in [0.2, 0.25) is 0 Å². The predicted molar refractivity (Wildman–Crippen MR) is 99.1 cm³/mol. The number of benzene rings is 2. The first-order valence-corrected chi connectivity index (χ1v) is 7.99. The summed E-state index contributed by atoms with van der Waals surface area (Å²) in [6.45, 7) is -0.214. The zero-order chi connectivity index (χ0) is 18.9. The molecule has 136 valence electrons. The highest BCUT2D eigenvalue weighted by Gasteiger charge is 2.08. The predicted octanol–water partition coefficient (Wildman–Crippen LogP) is 2.24. The molecule has 0 fully saturated rings. The van der Waals surface area contributed by atoms with E-state index in [-0.39, 0.29) is 6.54 Å². The van der Waals surface area contributed by atoms with Crippen LogP contribution in [0.25, 0.3) is 0 Å². The molecule has 0 spiro atoms. The lowest BCUT2D eigenvalue weighted by atomic mass is 10.2. The monoisotopic (exact) mass is 375 g/mol. The normalized spacial score (nSPS) is 10.4. The van der Waals surface area contributed by atoms with E-state index in [0.717, 1.165) is 0 Å². The van der Waals surface area contributed by atoms with Gasteiger partial charge in [0.05, 0.1) is 27.0 Å². The Labute approximate surface area is 155 Å². The lowest BCUT2D eigenvalue weighted by Gasteiger charge is -2.07. The van der Waals surface area contributed by atoms with E-state index in [4.69, 9.17) is 21.1 Å². The Kier molecular flexibility index (Phi) is 6.99. The number of halogens is 1. The van der Waals surface area contributed by atoms with Crippen LogP contribution in [0.4, 0.5) is 0 Å². The summed E-state index contributed by atoms with van der Waals surface area (Å²) < 4.78 is 10.3. The average molecular weight is 376 g/mol. The Balaban J connectivity index is 1.85. The van der Waals surface area contributed by atoms with Gasteiger partial charge in [-0.1, -0.05) is 17.7 Å². The van der Waals surface area contributed by atoms with Crippen molar-refractivity contribution in [2.24, 2.45) is 5.10 Å². The van der Waals surface area contributed by atoms with Crippen LogP contribution in [0.15, 0.2) is 47.6 Å². The van der Waals surface area contributed by atoms with Gasteiger partial charge in [-0.2, -0.15) is 5.10 Å². The highest BCUT2D eigenvalue weighted by atomic mass is 35.5. The minimum absolute atomic E-state index is 0.214. The molecule has 0 saturated carbocycles. The average Bonchev–Trinajstić information content (AvgIpc) is 2.65. The maximum Gasteiger partial charge on any atom is 0.259 e. The number of nitrogens with one attached hydrogen (secondary N) is 2. The fourth-order valence-corrected chi connectivity index (χ4v) is 2.23. The smallest absolute Gasteiger partial charge is 0.259 e. The zero-order valence-electron chi connectivity index (χ0n) is 14.3. The van der Waals surface area contributed by atoms with Crippen LogP contribution in [0.1, 0.15) is 15.9 Å². The van der Waals surface area contributed by atoms with Gasteiger partial charge < -0.3 is 14.8 Å². The molecule has 0 radical (unpaired) electrons. The van der Waals surface area contributed by atoms with Crippen LogP contribution < -0.4 is 20.2 Å². The Bertz CT molecular complexity index is 824. The van der Waals surface area contributed by atoms with Gasteiger partial charge in [-0.25, -0.2) is 5.43 Å². The van der Waals surface area contributed by atoms with Crippen molar-refractivity contribution in [3.63, 3.8) is 0 Å². The third-order valence-corrected chi connectivity index (χ3v) is 3.54. The molecule has 2 N–H and O–H groups in total. The summed E-state index contributed by atoms with van der Waals surface area (Å²) in [7, 11) is 3.08. The van der Waals surface area contributed by atoms with Crippen molar-refractivity contribution < 1.29 is 19.1 Å². The second-order valence-corrected chi connectivity index (χ2v) is 5.54. The van der Waals surface area contributed by atoms with E-state index in [2.05, 4.69) is 15.8 Å². The number of nitrogens with zero attached hydrogens (tertiary/aromatic N) is 1. The van der Waals surface area contributed by atoms with Crippen LogP contribution in [0.2, 0.25) is 5.02 Å². The SMILES string of the molecule is COc1ccc(/C=N/NC(=O)CNC(=O)c2cccc(Cl)c2)cc1OC. The third-order valence-electron chi connectivity index (χ3n) is 3.31. The summed E-state index contributed by atoms with van der Waals surface area (Å²) in [6.07, 6.45) is 1.46. The Morgan fingerprint density at radius 2 is 1.88 bits per heavy atom. The fraction of sp³-hybridized carbons (Fsp3) is 0.167. The number of hydrazone groups is 1. The molecule has 0 aliphatic carbocycles. The topological polar surface area (TPSA) is 89.0 Å². The summed E-state index contributed by atoms with van der Waals surface area (Å²) in [6, 6.07) is 11.7. The van der Waals surface area contributed by atoms with Crippen molar-refractivity contribution in [3.05, 3.63) is 58.6 Å². The molecule has 0 aliphatic heterocycles. The highest BCUT2D eigenvalue weighted by molar-refractivity contribution is 6.30. The molecule has 0 saturated heterocycles. The number of ether oxygens (including phenoxy) is 2. The number of methoxy groups -OCH3 is 2. The Morgan fingerprint density at radius 3 is 2.58 bits per heavy atom. The lowest BCUT2D eigenvalue weighted by Crippen LogP contribution is -2.34. The van der Waals surface area contributed by atoms with Crippen molar-refractivity contribution in [3.8, 4) is 11.5 Å². The second-order valence-electron chi connectivity index (χ2n) is 5.10. The summed E-state index contributed by atoms with van der Waals surface area (Å²) >= 11 is 5.82. The maximum atomic E-state index is 11.9. The number of amides is 2. The van der Waals surface area contributed by atoms with Crippen LogP contribution in [-0.2, 0) is 4.79 Å². The van der Waals surface area contributed by atoms with Gasteiger partial charge >= 0.3 is 0 Å². The van der Waals surface area contributed by atoms with Gasteiger partial charge in [0.25, 0.3) is 11.8 Å². The first-order chi connectivity index (χ1) is 12.5. The first-order valence-electron chi connectivity index (χ1n) is 7.61. The summed E-state index contributed by atoms with van der Waals surface area (Å²) in [4.78, 5) is 23.7. The van der Waals surface area contributed by atoms with Crippen molar-refractivity contribution in [2.45, 2.75) is 0 Å². The van der Waals surface area contributed by atoms with E-state index >= 15 is 0 Å². The minimum Gasteiger partial charge on any atom is -0.493 e. The largest absolute Gasteiger partial charge is 0.493 e. The standard InChI is InChI=1S/C18H18ClN3O4/c1-25-15-7-6-12(8-16(15)26-2)10-21-22-17(23)11-20-18(24)13-4-3-5-14(19)9-13/h3-10H,11H2,1-2H3,(H,20,24)(H,22,23)/b21-10+. The maximum absolute atomic E-state index is 11.9. The number of hydrogen-bond donors (Lipinski definition) is 2. The molecule has 2 amide bonds. The van der Waals surface area contributed by atoms with E-state index in [1.54, 1.807) is 43.5 Å². The van der Waals surface area contributed by atoms with Crippen molar-refractivity contribution >= 4 is 29.6 Å². The van der Waals surface area contributed by atoms with Gasteiger partial charge in [-0.05, 0) is 42.0 Å². The molecular formula is C18H18ClN3O4.